The summed E-state index contributed by atoms with van der Waals surface area (Å²) in [6.45, 7) is 0.886. The van der Waals surface area contributed by atoms with E-state index in [4.69, 9.17) is 11.6 Å². The van der Waals surface area contributed by atoms with Crippen molar-refractivity contribution in [2.45, 2.75) is 12.5 Å². The average molecular weight is 274 g/mol. The molecule has 1 aliphatic rings. The molecule has 3 N–H and O–H groups in total. The molecule has 0 aromatic carbocycles. The van der Waals surface area contributed by atoms with E-state index in [1.807, 2.05) is 12.1 Å². The van der Waals surface area contributed by atoms with Crippen LogP contribution >= 0.6 is 22.9 Å². The van der Waals surface area contributed by atoms with Gasteiger partial charge in [-0.1, -0.05) is 11.6 Å². The zero-order chi connectivity index (χ0) is 12.3. The molecule has 1 atom stereocenters. The third-order valence-corrected chi connectivity index (χ3v) is 3.68. The van der Waals surface area contributed by atoms with Crippen LogP contribution in [0.5, 0.6) is 0 Å². The molecular formula is C10H12ClN3O2S. The molecule has 0 unspecified atom stereocenters. The van der Waals surface area contributed by atoms with Gasteiger partial charge >= 0.3 is 6.03 Å². The first-order chi connectivity index (χ1) is 8.15. The summed E-state index contributed by atoms with van der Waals surface area (Å²) in [5.41, 5.74) is 0. The number of urea groups is 1. The first-order valence-corrected chi connectivity index (χ1v) is 6.41. The molecular weight excluding hydrogens is 262 g/mol. The lowest BCUT2D eigenvalue weighted by Crippen LogP contribution is -2.43. The van der Waals surface area contributed by atoms with Gasteiger partial charge in [-0.2, -0.15) is 0 Å². The Labute approximate surface area is 108 Å². The Morgan fingerprint density at radius 2 is 2.41 bits per heavy atom. The second-order valence-corrected chi connectivity index (χ2v) is 5.45. The van der Waals surface area contributed by atoms with Crippen molar-refractivity contribution in [2.75, 3.05) is 13.1 Å². The van der Waals surface area contributed by atoms with Gasteiger partial charge < -0.3 is 16.0 Å². The molecule has 1 aromatic heterocycles. The summed E-state index contributed by atoms with van der Waals surface area (Å²) in [7, 11) is 0. The van der Waals surface area contributed by atoms with Crippen LogP contribution < -0.4 is 16.0 Å². The van der Waals surface area contributed by atoms with Crippen LogP contribution in [-0.2, 0) is 11.2 Å². The fourth-order valence-electron chi connectivity index (χ4n) is 1.53. The second kappa shape index (κ2) is 5.37. The van der Waals surface area contributed by atoms with Crippen molar-refractivity contribution in [3.63, 3.8) is 0 Å². The van der Waals surface area contributed by atoms with E-state index in [1.165, 1.54) is 11.3 Å². The monoisotopic (exact) mass is 273 g/mol. The van der Waals surface area contributed by atoms with E-state index in [0.717, 1.165) is 15.6 Å². The molecule has 2 rings (SSSR count). The summed E-state index contributed by atoms with van der Waals surface area (Å²) in [6, 6.07) is 3.02. The first kappa shape index (κ1) is 12.2. The molecule has 3 amide bonds. The lowest BCUT2D eigenvalue weighted by molar-refractivity contribution is -0.122. The second-order valence-electron chi connectivity index (χ2n) is 3.65. The number of carbonyl (C=O) groups excluding carboxylic acids is 2. The fraction of sp³-hybridized carbons (Fsp3) is 0.400. The number of nitrogens with one attached hydrogen (secondary N) is 3. The Hall–Kier alpha value is -1.27. The van der Waals surface area contributed by atoms with Gasteiger partial charge in [0.25, 0.3) is 0 Å². The molecule has 0 radical (unpaired) electrons. The SMILES string of the molecule is O=C1NC[C@@H](C(=O)NCCc2ccc(Cl)s2)N1. The van der Waals surface area contributed by atoms with Gasteiger partial charge in [0.2, 0.25) is 5.91 Å². The summed E-state index contributed by atoms with van der Waals surface area (Å²) < 4.78 is 0.749. The Morgan fingerprint density at radius 1 is 1.59 bits per heavy atom. The van der Waals surface area contributed by atoms with Gasteiger partial charge in [0.15, 0.2) is 0 Å². The number of hydrogen-bond acceptors (Lipinski definition) is 3. The van der Waals surface area contributed by atoms with Gasteiger partial charge in [-0.15, -0.1) is 11.3 Å². The largest absolute Gasteiger partial charge is 0.354 e. The van der Waals surface area contributed by atoms with Crippen LogP contribution in [0.15, 0.2) is 12.1 Å². The van der Waals surface area contributed by atoms with Gasteiger partial charge in [0, 0.05) is 18.0 Å². The van der Waals surface area contributed by atoms with E-state index in [9.17, 15) is 9.59 Å². The first-order valence-electron chi connectivity index (χ1n) is 5.21. The summed E-state index contributed by atoms with van der Waals surface area (Å²) in [5, 5.41) is 7.83. The lowest BCUT2D eigenvalue weighted by Gasteiger charge is -2.08. The molecule has 0 bridgehead atoms. The lowest BCUT2D eigenvalue weighted by atomic mass is 10.3. The highest BCUT2D eigenvalue weighted by Crippen LogP contribution is 2.21. The van der Waals surface area contributed by atoms with E-state index >= 15 is 0 Å². The van der Waals surface area contributed by atoms with Gasteiger partial charge in [-0.05, 0) is 18.6 Å². The zero-order valence-corrected chi connectivity index (χ0v) is 10.5. The third kappa shape index (κ3) is 3.34. The molecule has 0 spiro atoms. The normalized spacial score (nSPS) is 18.6. The van der Waals surface area contributed by atoms with Crippen LogP contribution in [-0.4, -0.2) is 31.1 Å². The molecule has 1 fully saturated rings. The van der Waals surface area contributed by atoms with E-state index in [0.29, 0.717) is 13.1 Å². The quantitative estimate of drug-likeness (QED) is 0.757. The minimum atomic E-state index is -0.463. The van der Waals surface area contributed by atoms with E-state index < -0.39 is 6.04 Å². The highest BCUT2D eigenvalue weighted by Gasteiger charge is 2.26. The minimum absolute atomic E-state index is 0.161. The minimum Gasteiger partial charge on any atom is -0.354 e. The van der Waals surface area contributed by atoms with E-state index in [-0.39, 0.29) is 11.9 Å². The third-order valence-electron chi connectivity index (χ3n) is 2.39. The van der Waals surface area contributed by atoms with Crippen LogP contribution in [0.4, 0.5) is 4.79 Å². The van der Waals surface area contributed by atoms with Crippen LogP contribution in [0, 0.1) is 0 Å². The predicted octanol–water partition coefficient (Wildman–Crippen LogP) is 0.742. The number of thiophene rings is 1. The standard InChI is InChI=1S/C10H12ClN3O2S/c11-8-2-1-6(17-8)3-4-12-9(15)7-5-13-10(16)14-7/h1-2,7H,3-5H2,(H,12,15)(H2,13,14,16)/t7-/m0/s1. The molecule has 1 saturated heterocycles. The maximum atomic E-state index is 11.6. The molecule has 0 aliphatic carbocycles. The van der Waals surface area contributed by atoms with Crippen molar-refractivity contribution in [1.29, 1.82) is 0 Å². The van der Waals surface area contributed by atoms with Crippen molar-refractivity contribution in [1.82, 2.24) is 16.0 Å². The van der Waals surface area contributed by atoms with Crippen LogP contribution in [0.1, 0.15) is 4.88 Å². The molecule has 1 aromatic rings. The number of amides is 3. The summed E-state index contributed by atoms with van der Waals surface area (Å²) in [6.07, 6.45) is 0.747. The molecule has 0 saturated carbocycles. The van der Waals surface area contributed by atoms with Crippen molar-refractivity contribution in [3.05, 3.63) is 21.3 Å². The maximum Gasteiger partial charge on any atom is 0.315 e. The van der Waals surface area contributed by atoms with Crippen molar-refractivity contribution >= 4 is 34.9 Å². The smallest absolute Gasteiger partial charge is 0.315 e. The van der Waals surface area contributed by atoms with E-state index in [2.05, 4.69) is 16.0 Å². The Kier molecular flexibility index (Phi) is 3.86. The Balaban J connectivity index is 1.71. The summed E-state index contributed by atoms with van der Waals surface area (Å²) >= 11 is 7.30. The Bertz CT molecular complexity index is 435. The van der Waals surface area contributed by atoms with Crippen LogP contribution in [0.25, 0.3) is 0 Å². The fourth-order valence-corrected chi connectivity index (χ4v) is 2.62. The molecule has 5 nitrogen and oxygen atoms in total. The zero-order valence-electron chi connectivity index (χ0n) is 8.96. The molecule has 7 heteroatoms. The molecule has 92 valence electrons. The summed E-state index contributed by atoms with van der Waals surface area (Å²) in [5.74, 6) is -0.161. The highest BCUT2D eigenvalue weighted by molar-refractivity contribution is 7.16. The van der Waals surface area contributed by atoms with Crippen molar-refractivity contribution < 1.29 is 9.59 Å². The topological polar surface area (TPSA) is 70.2 Å². The van der Waals surface area contributed by atoms with Gasteiger partial charge in [-0.25, -0.2) is 4.79 Å². The van der Waals surface area contributed by atoms with Gasteiger partial charge in [-0.3, -0.25) is 4.79 Å². The average Bonchev–Trinajstić information content (AvgIpc) is 2.88. The Morgan fingerprint density at radius 3 is 3.00 bits per heavy atom. The number of rotatable bonds is 4. The maximum absolute atomic E-state index is 11.6. The highest BCUT2D eigenvalue weighted by atomic mass is 35.5. The predicted molar refractivity (Wildman–Crippen MR) is 66.4 cm³/mol. The van der Waals surface area contributed by atoms with Crippen LogP contribution in [0.3, 0.4) is 0 Å². The van der Waals surface area contributed by atoms with Gasteiger partial charge in [0.05, 0.1) is 4.34 Å². The molecule has 1 aliphatic heterocycles. The van der Waals surface area contributed by atoms with Crippen molar-refractivity contribution in [2.24, 2.45) is 0 Å². The van der Waals surface area contributed by atoms with Crippen LogP contribution in [0.2, 0.25) is 4.34 Å². The number of hydrogen-bond donors (Lipinski definition) is 3. The van der Waals surface area contributed by atoms with Gasteiger partial charge in [0.1, 0.15) is 6.04 Å². The number of halogens is 1. The molecule has 2 heterocycles. The van der Waals surface area contributed by atoms with E-state index in [1.54, 1.807) is 0 Å². The number of carbonyl (C=O) groups is 2. The summed E-state index contributed by atoms with van der Waals surface area (Å²) in [4.78, 5) is 23.6. The molecule has 17 heavy (non-hydrogen) atoms. The van der Waals surface area contributed by atoms with Crippen molar-refractivity contribution in [3.8, 4) is 0 Å².